The van der Waals surface area contributed by atoms with Crippen molar-refractivity contribution in [2.75, 3.05) is 0 Å². The quantitative estimate of drug-likeness (QED) is 0.823. The van der Waals surface area contributed by atoms with E-state index >= 15 is 0 Å². The van der Waals surface area contributed by atoms with Crippen LogP contribution < -0.4 is 11.1 Å². The number of halogens is 1. The smallest absolute Gasteiger partial charge is 0.325 e. The number of benzene rings is 1. The van der Waals surface area contributed by atoms with Crippen molar-refractivity contribution in [3.63, 3.8) is 0 Å². The molecule has 1 saturated heterocycles. The lowest BCUT2D eigenvalue weighted by Crippen LogP contribution is -2.40. The Morgan fingerprint density at radius 3 is 2.11 bits per heavy atom. The molecular weight excluding hydrogens is 266 g/mol. The predicted octanol–water partition coefficient (Wildman–Crippen LogP) is 1.40. The number of urea groups is 1. The fourth-order valence-corrected chi connectivity index (χ4v) is 1.92. The van der Waals surface area contributed by atoms with Gasteiger partial charge < -0.3 is 11.1 Å². The molecule has 0 spiro atoms. The van der Waals surface area contributed by atoms with Crippen LogP contribution >= 0.6 is 12.4 Å². The summed E-state index contributed by atoms with van der Waals surface area (Å²) >= 11 is 0. The highest BCUT2D eigenvalue weighted by Crippen LogP contribution is 2.19. The number of carbonyl (C=O) groups excluding carboxylic acids is 2. The van der Waals surface area contributed by atoms with Crippen LogP contribution in [-0.2, 0) is 17.9 Å². The molecule has 0 saturated carbocycles. The Labute approximate surface area is 118 Å². The second-order valence-corrected chi connectivity index (χ2v) is 4.97. The number of amides is 3. The van der Waals surface area contributed by atoms with Crippen LogP contribution in [0.1, 0.15) is 25.0 Å². The first kappa shape index (κ1) is 15.5. The van der Waals surface area contributed by atoms with Crippen LogP contribution in [0.2, 0.25) is 0 Å². The summed E-state index contributed by atoms with van der Waals surface area (Å²) in [4.78, 5) is 24.9. The molecular formula is C13H18ClN3O2. The molecule has 1 aromatic carbocycles. The maximum atomic E-state index is 12.0. The standard InChI is InChI=1S/C13H17N3O2.ClH/c1-13(2)11(17)16(12(18)15-13)8-10-5-3-9(7-14)4-6-10;/h3-6H,7-8,14H2,1-2H3,(H,15,18);1H. The van der Waals surface area contributed by atoms with Crippen LogP contribution in [0.4, 0.5) is 4.79 Å². The molecule has 1 aliphatic heterocycles. The van der Waals surface area contributed by atoms with E-state index in [1.165, 1.54) is 4.90 Å². The summed E-state index contributed by atoms with van der Waals surface area (Å²) in [5, 5.41) is 2.65. The Morgan fingerprint density at radius 1 is 1.16 bits per heavy atom. The average molecular weight is 284 g/mol. The summed E-state index contributed by atoms with van der Waals surface area (Å²) in [6.45, 7) is 4.17. The fourth-order valence-electron chi connectivity index (χ4n) is 1.92. The molecule has 0 unspecified atom stereocenters. The van der Waals surface area contributed by atoms with Gasteiger partial charge in [-0.15, -0.1) is 12.4 Å². The summed E-state index contributed by atoms with van der Waals surface area (Å²) in [7, 11) is 0. The van der Waals surface area contributed by atoms with Crippen molar-refractivity contribution in [1.29, 1.82) is 0 Å². The number of hydrogen-bond acceptors (Lipinski definition) is 3. The third kappa shape index (κ3) is 3.05. The molecule has 19 heavy (non-hydrogen) atoms. The maximum absolute atomic E-state index is 12.0. The summed E-state index contributed by atoms with van der Waals surface area (Å²) in [5.41, 5.74) is 6.64. The molecule has 6 heteroatoms. The van der Waals surface area contributed by atoms with E-state index in [1.54, 1.807) is 13.8 Å². The van der Waals surface area contributed by atoms with Gasteiger partial charge in [-0.2, -0.15) is 0 Å². The Balaban J connectivity index is 0.00000180. The van der Waals surface area contributed by atoms with Crippen molar-refractivity contribution in [1.82, 2.24) is 10.2 Å². The van der Waals surface area contributed by atoms with E-state index < -0.39 is 5.54 Å². The van der Waals surface area contributed by atoms with Crippen LogP contribution in [-0.4, -0.2) is 22.4 Å². The number of nitrogens with two attached hydrogens (primary N) is 1. The highest BCUT2D eigenvalue weighted by molar-refractivity contribution is 6.06. The first-order valence-corrected chi connectivity index (χ1v) is 5.86. The van der Waals surface area contributed by atoms with E-state index in [2.05, 4.69) is 5.32 Å². The third-order valence-electron chi connectivity index (χ3n) is 3.04. The van der Waals surface area contributed by atoms with E-state index in [0.29, 0.717) is 13.1 Å². The van der Waals surface area contributed by atoms with Gasteiger partial charge in [-0.3, -0.25) is 9.69 Å². The minimum Gasteiger partial charge on any atom is -0.326 e. The molecule has 1 aromatic rings. The first-order chi connectivity index (χ1) is 8.44. The third-order valence-corrected chi connectivity index (χ3v) is 3.04. The Hall–Kier alpha value is -1.59. The topological polar surface area (TPSA) is 75.4 Å². The minimum atomic E-state index is -0.811. The second-order valence-electron chi connectivity index (χ2n) is 4.97. The van der Waals surface area contributed by atoms with Gasteiger partial charge in [-0.25, -0.2) is 4.79 Å². The molecule has 0 atom stereocenters. The number of imide groups is 1. The van der Waals surface area contributed by atoms with E-state index in [0.717, 1.165) is 11.1 Å². The highest BCUT2D eigenvalue weighted by atomic mass is 35.5. The molecule has 1 aliphatic rings. The Bertz CT molecular complexity index is 485. The van der Waals surface area contributed by atoms with E-state index in [-0.39, 0.29) is 24.3 Å². The lowest BCUT2D eigenvalue weighted by Gasteiger charge is -2.16. The monoisotopic (exact) mass is 283 g/mol. The number of nitrogens with one attached hydrogen (secondary N) is 1. The van der Waals surface area contributed by atoms with Gasteiger partial charge in [0.05, 0.1) is 6.54 Å². The van der Waals surface area contributed by atoms with Crippen LogP contribution in [0, 0.1) is 0 Å². The van der Waals surface area contributed by atoms with Crippen molar-refractivity contribution in [3.8, 4) is 0 Å². The molecule has 2 rings (SSSR count). The molecule has 3 amide bonds. The van der Waals surface area contributed by atoms with Crippen molar-refractivity contribution in [3.05, 3.63) is 35.4 Å². The molecule has 5 nitrogen and oxygen atoms in total. The highest BCUT2D eigenvalue weighted by Gasteiger charge is 2.43. The van der Waals surface area contributed by atoms with Gasteiger partial charge in [-0.05, 0) is 25.0 Å². The fraction of sp³-hybridized carbons (Fsp3) is 0.385. The molecule has 0 aromatic heterocycles. The average Bonchev–Trinajstić information content (AvgIpc) is 2.52. The van der Waals surface area contributed by atoms with Crippen molar-refractivity contribution in [2.45, 2.75) is 32.5 Å². The summed E-state index contributed by atoms with van der Waals surface area (Å²) in [6, 6.07) is 7.23. The van der Waals surface area contributed by atoms with E-state index in [4.69, 9.17) is 5.73 Å². The zero-order valence-corrected chi connectivity index (χ0v) is 11.8. The lowest BCUT2D eigenvalue weighted by atomic mass is 10.1. The molecule has 3 N–H and O–H groups in total. The van der Waals surface area contributed by atoms with E-state index in [9.17, 15) is 9.59 Å². The van der Waals surface area contributed by atoms with E-state index in [1.807, 2.05) is 24.3 Å². The normalized spacial score (nSPS) is 17.1. The van der Waals surface area contributed by atoms with Crippen molar-refractivity contribution in [2.24, 2.45) is 5.73 Å². The van der Waals surface area contributed by atoms with Gasteiger partial charge in [0.2, 0.25) is 0 Å². The number of carbonyl (C=O) groups is 2. The summed E-state index contributed by atoms with van der Waals surface area (Å²) < 4.78 is 0. The largest absolute Gasteiger partial charge is 0.326 e. The zero-order valence-electron chi connectivity index (χ0n) is 11.0. The molecule has 104 valence electrons. The number of hydrogen-bond donors (Lipinski definition) is 2. The van der Waals surface area contributed by atoms with Gasteiger partial charge in [0, 0.05) is 6.54 Å². The van der Waals surface area contributed by atoms with Gasteiger partial charge in [-0.1, -0.05) is 24.3 Å². The minimum absolute atomic E-state index is 0. The summed E-state index contributed by atoms with van der Waals surface area (Å²) in [6.07, 6.45) is 0. The number of rotatable bonds is 3. The van der Waals surface area contributed by atoms with Crippen LogP contribution in [0.15, 0.2) is 24.3 Å². The van der Waals surface area contributed by atoms with Gasteiger partial charge in [0.25, 0.3) is 5.91 Å². The molecule has 0 aliphatic carbocycles. The zero-order chi connectivity index (χ0) is 13.3. The lowest BCUT2D eigenvalue weighted by molar-refractivity contribution is -0.130. The van der Waals surface area contributed by atoms with Crippen LogP contribution in [0.3, 0.4) is 0 Å². The van der Waals surface area contributed by atoms with Gasteiger partial charge in [0.15, 0.2) is 0 Å². The van der Waals surface area contributed by atoms with Crippen LogP contribution in [0.5, 0.6) is 0 Å². The Kier molecular flexibility index (Phi) is 4.55. The van der Waals surface area contributed by atoms with Gasteiger partial charge in [0.1, 0.15) is 5.54 Å². The maximum Gasteiger partial charge on any atom is 0.325 e. The molecule has 1 heterocycles. The summed E-state index contributed by atoms with van der Waals surface area (Å²) in [5.74, 6) is -0.199. The van der Waals surface area contributed by atoms with Crippen molar-refractivity contribution >= 4 is 24.3 Å². The molecule has 0 radical (unpaired) electrons. The van der Waals surface area contributed by atoms with Crippen molar-refractivity contribution < 1.29 is 9.59 Å². The van der Waals surface area contributed by atoms with Crippen LogP contribution in [0.25, 0.3) is 0 Å². The molecule has 1 fully saturated rings. The second kappa shape index (κ2) is 5.59. The van der Waals surface area contributed by atoms with Gasteiger partial charge >= 0.3 is 6.03 Å². The molecule has 0 bridgehead atoms. The number of nitrogens with zero attached hydrogens (tertiary/aromatic N) is 1. The first-order valence-electron chi connectivity index (χ1n) is 5.86. The Morgan fingerprint density at radius 2 is 1.68 bits per heavy atom. The predicted molar refractivity (Wildman–Crippen MR) is 74.7 cm³/mol. The SMILES string of the molecule is CC1(C)NC(=O)N(Cc2ccc(CN)cc2)C1=O.Cl.